The lowest BCUT2D eigenvalue weighted by Crippen LogP contribution is -2.29. The van der Waals surface area contributed by atoms with Crippen LogP contribution >= 0.6 is 0 Å². The molecule has 0 aliphatic carbocycles. The number of ether oxygens (including phenoxy) is 2. The van der Waals surface area contributed by atoms with Gasteiger partial charge in [-0.25, -0.2) is 4.98 Å². The molecule has 0 saturated heterocycles. The number of hydrogen-bond acceptors (Lipinski definition) is 9. The third kappa shape index (κ3) is 6.82. The third-order valence-electron chi connectivity index (χ3n) is 6.47. The van der Waals surface area contributed by atoms with Crippen molar-refractivity contribution in [3.63, 3.8) is 0 Å². The van der Waals surface area contributed by atoms with E-state index in [1.165, 1.54) is 10.6 Å². The molecule has 0 bridgehead atoms. The van der Waals surface area contributed by atoms with Crippen LogP contribution in [0.3, 0.4) is 0 Å². The van der Waals surface area contributed by atoms with Crippen LogP contribution in [-0.2, 0) is 11.8 Å². The molecule has 2 N–H and O–H groups in total. The number of likely N-dealkylation sites (N-methyl/N-ethyl adjacent to an activating group) is 2. The predicted molar refractivity (Wildman–Crippen MR) is 163 cm³/mol. The largest absolute Gasteiger partial charge is 0.494 e. The third-order valence-corrected chi connectivity index (χ3v) is 6.47. The molecular weight excluding hydrogens is 522 g/mol. The lowest BCUT2D eigenvalue weighted by Gasteiger charge is -2.26. The molecule has 41 heavy (non-hydrogen) atoms. The van der Waals surface area contributed by atoms with Crippen LogP contribution in [0.25, 0.3) is 11.0 Å². The van der Waals surface area contributed by atoms with Gasteiger partial charge in [0.2, 0.25) is 11.9 Å². The summed E-state index contributed by atoms with van der Waals surface area (Å²) in [5.41, 5.74) is 3.04. The van der Waals surface area contributed by atoms with Crippen LogP contribution in [0.15, 0.2) is 66.1 Å². The average molecular weight is 558 g/mol. The number of carbonyl (C=O) groups is 1. The summed E-state index contributed by atoms with van der Waals surface area (Å²) in [4.78, 5) is 38.5. The number of pyridine rings is 1. The van der Waals surface area contributed by atoms with Crippen LogP contribution < -0.4 is 30.6 Å². The molecule has 1 amide bonds. The van der Waals surface area contributed by atoms with E-state index >= 15 is 0 Å². The second kappa shape index (κ2) is 12.5. The van der Waals surface area contributed by atoms with Gasteiger partial charge in [0.15, 0.2) is 5.75 Å². The van der Waals surface area contributed by atoms with E-state index in [1.54, 1.807) is 32.5 Å². The molecule has 11 nitrogen and oxygen atoms in total. The van der Waals surface area contributed by atoms with Crippen molar-refractivity contribution in [3.05, 3.63) is 77.2 Å². The van der Waals surface area contributed by atoms with Gasteiger partial charge in [-0.2, -0.15) is 4.98 Å². The predicted octanol–water partition coefficient (Wildman–Crippen LogP) is 4.30. The van der Waals surface area contributed by atoms with Gasteiger partial charge in [0, 0.05) is 44.8 Å². The van der Waals surface area contributed by atoms with E-state index < -0.39 is 0 Å². The Balaban J connectivity index is 1.69. The number of nitrogens with zero attached hydrogens (tertiary/aromatic N) is 5. The highest BCUT2D eigenvalue weighted by molar-refractivity contribution is 6.02. The molecule has 0 saturated carbocycles. The first-order chi connectivity index (χ1) is 19.6. The molecule has 4 aromatic rings. The number of amides is 1. The Labute approximate surface area is 239 Å². The summed E-state index contributed by atoms with van der Waals surface area (Å²) >= 11 is 0. The number of anilines is 4. The van der Waals surface area contributed by atoms with Crippen molar-refractivity contribution in [2.45, 2.75) is 6.92 Å². The monoisotopic (exact) mass is 557 g/mol. The zero-order valence-corrected chi connectivity index (χ0v) is 24.2. The van der Waals surface area contributed by atoms with Crippen molar-refractivity contribution in [2.24, 2.45) is 7.05 Å². The first-order valence-electron chi connectivity index (χ1n) is 13.0. The summed E-state index contributed by atoms with van der Waals surface area (Å²) < 4.78 is 12.9. The summed E-state index contributed by atoms with van der Waals surface area (Å²) in [6.45, 7) is 7.08. The van der Waals surface area contributed by atoms with Crippen molar-refractivity contribution in [1.29, 1.82) is 0 Å². The maximum absolute atomic E-state index is 13.1. The van der Waals surface area contributed by atoms with Crippen LogP contribution in [0.5, 0.6) is 17.2 Å². The van der Waals surface area contributed by atoms with Gasteiger partial charge in [0.1, 0.15) is 17.1 Å². The Hall–Kier alpha value is -4.90. The molecule has 4 rings (SSSR count). The molecule has 0 fully saturated rings. The summed E-state index contributed by atoms with van der Waals surface area (Å²) in [5.74, 6) is 1.16. The van der Waals surface area contributed by atoms with Crippen molar-refractivity contribution in [2.75, 3.05) is 56.9 Å². The smallest absolute Gasteiger partial charge is 0.294 e. The topological polar surface area (TPSA) is 114 Å². The molecule has 2 aromatic carbocycles. The second-order valence-corrected chi connectivity index (χ2v) is 9.87. The first kappa shape index (κ1) is 29.1. The Bertz CT molecular complexity index is 1630. The number of benzene rings is 2. The van der Waals surface area contributed by atoms with Crippen LogP contribution in [0.1, 0.15) is 5.56 Å². The average Bonchev–Trinajstić information content (AvgIpc) is 2.96. The van der Waals surface area contributed by atoms with Gasteiger partial charge in [-0.3, -0.25) is 14.2 Å². The summed E-state index contributed by atoms with van der Waals surface area (Å²) in [6, 6.07) is 12.7. The molecule has 0 spiro atoms. The SMILES string of the molecule is C=CC(=O)Nc1cc(Nc2ncc3cc(Oc4ccc(C)cc4)c(=O)n(C)c3n2)c(OC)cc1N(C)CCN(C)C. The number of aromatic nitrogens is 3. The highest BCUT2D eigenvalue weighted by Gasteiger charge is 2.17. The zero-order chi connectivity index (χ0) is 29.7. The summed E-state index contributed by atoms with van der Waals surface area (Å²) in [5, 5.41) is 6.67. The van der Waals surface area contributed by atoms with Gasteiger partial charge >= 0.3 is 0 Å². The number of methoxy groups -OCH3 is 1. The van der Waals surface area contributed by atoms with E-state index in [1.807, 2.05) is 63.3 Å². The van der Waals surface area contributed by atoms with Gasteiger partial charge in [-0.15, -0.1) is 0 Å². The maximum Gasteiger partial charge on any atom is 0.294 e. The Morgan fingerprint density at radius 3 is 2.46 bits per heavy atom. The molecule has 0 aliphatic heterocycles. The van der Waals surface area contributed by atoms with Crippen LogP contribution in [0.4, 0.5) is 23.0 Å². The molecule has 0 unspecified atom stereocenters. The maximum atomic E-state index is 13.1. The molecule has 0 aliphatic rings. The minimum Gasteiger partial charge on any atom is -0.494 e. The number of rotatable bonds is 11. The Morgan fingerprint density at radius 2 is 1.80 bits per heavy atom. The van der Waals surface area contributed by atoms with E-state index in [-0.39, 0.29) is 23.2 Å². The van der Waals surface area contributed by atoms with Crippen LogP contribution in [-0.4, -0.2) is 66.7 Å². The Morgan fingerprint density at radius 1 is 1.07 bits per heavy atom. The molecular formula is C30H35N7O4. The van der Waals surface area contributed by atoms with E-state index in [0.717, 1.165) is 24.3 Å². The van der Waals surface area contributed by atoms with Gasteiger partial charge < -0.3 is 29.9 Å². The van der Waals surface area contributed by atoms with E-state index in [0.29, 0.717) is 33.9 Å². The summed E-state index contributed by atoms with van der Waals surface area (Å²) in [7, 11) is 9.13. The fourth-order valence-corrected chi connectivity index (χ4v) is 4.11. The van der Waals surface area contributed by atoms with E-state index in [4.69, 9.17) is 9.47 Å². The van der Waals surface area contributed by atoms with E-state index in [2.05, 4.69) is 32.1 Å². The van der Waals surface area contributed by atoms with Gasteiger partial charge in [-0.1, -0.05) is 24.3 Å². The highest BCUT2D eigenvalue weighted by Crippen LogP contribution is 2.38. The molecule has 0 atom stereocenters. The number of nitrogens with one attached hydrogen (secondary N) is 2. The molecule has 214 valence electrons. The van der Waals surface area contributed by atoms with Crippen LogP contribution in [0.2, 0.25) is 0 Å². The highest BCUT2D eigenvalue weighted by atomic mass is 16.5. The van der Waals surface area contributed by atoms with Crippen molar-refractivity contribution in [1.82, 2.24) is 19.4 Å². The fourth-order valence-electron chi connectivity index (χ4n) is 4.11. The molecule has 11 heteroatoms. The zero-order valence-electron chi connectivity index (χ0n) is 24.2. The van der Waals surface area contributed by atoms with Crippen molar-refractivity contribution in [3.8, 4) is 17.2 Å². The Kier molecular flexibility index (Phi) is 8.88. The standard InChI is InChI=1S/C30H35N7O4/c1-8-27(38)32-22-16-23(25(40-7)17-24(22)36(5)14-13-35(3)4)33-30-31-18-20-15-26(29(39)37(6)28(20)34-30)41-21-11-9-19(2)10-12-21/h8-12,15-18H,1,13-14H2,2-7H3,(H,32,38)(H,31,33,34). The first-order valence-corrected chi connectivity index (χ1v) is 13.0. The van der Waals surface area contributed by atoms with Gasteiger partial charge in [-0.05, 0) is 51.4 Å². The van der Waals surface area contributed by atoms with E-state index in [9.17, 15) is 9.59 Å². The normalized spacial score (nSPS) is 10.9. The minimum atomic E-state index is -0.344. The van der Waals surface area contributed by atoms with Gasteiger partial charge in [0.05, 0.1) is 24.2 Å². The molecule has 2 heterocycles. The van der Waals surface area contributed by atoms with Crippen LogP contribution in [0, 0.1) is 6.92 Å². The van der Waals surface area contributed by atoms with Crippen molar-refractivity contribution < 1.29 is 14.3 Å². The lowest BCUT2D eigenvalue weighted by molar-refractivity contribution is -0.111. The number of fused-ring (bicyclic) bond motifs is 1. The minimum absolute atomic E-state index is 0.173. The number of carbonyl (C=O) groups excluding carboxylic acids is 1. The number of aryl methyl sites for hydroxylation is 2. The lowest BCUT2D eigenvalue weighted by atomic mass is 10.2. The fraction of sp³-hybridized carbons (Fsp3) is 0.267. The summed E-state index contributed by atoms with van der Waals surface area (Å²) in [6.07, 6.45) is 2.83. The quantitative estimate of drug-likeness (QED) is 0.261. The number of hydrogen-bond donors (Lipinski definition) is 2. The second-order valence-electron chi connectivity index (χ2n) is 9.87. The van der Waals surface area contributed by atoms with Gasteiger partial charge in [0.25, 0.3) is 5.56 Å². The van der Waals surface area contributed by atoms with Crippen molar-refractivity contribution >= 4 is 40.0 Å². The molecule has 0 radical (unpaired) electrons. The molecule has 2 aromatic heterocycles.